The summed E-state index contributed by atoms with van der Waals surface area (Å²) in [5.41, 5.74) is 0.127. The van der Waals surface area contributed by atoms with Gasteiger partial charge in [0.2, 0.25) is 10.0 Å². The first-order valence-corrected chi connectivity index (χ1v) is 14.3. The molecular weight excluding hydrogens is 526 g/mol. The first-order chi connectivity index (χ1) is 15.5. The summed E-state index contributed by atoms with van der Waals surface area (Å²) in [6.07, 6.45) is 2.41. The van der Waals surface area contributed by atoms with Crippen molar-refractivity contribution in [2.24, 2.45) is 0 Å². The summed E-state index contributed by atoms with van der Waals surface area (Å²) in [6.45, 7) is 2.87. The van der Waals surface area contributed by atoms with E-state index < -0.39 is 45.3 Å². The van der Waals surface area contributed by atoms with Crippen LogP contribution in [0.1, 0.15) is 25.0 Å². The Balaban J connectivity index is 2.55. The van der Waals surface area contributed by atoms with Gasteiger partial charge in [-0.25, -0.2) is 8.42 Å². The highest BCUT2D eigenvalue weighted by Crippen LogP contribution is 2.26. The molecule has 0 saturated carbocycles. The Kier molecular flexibility index (Phi) is 8.44. The van der Waals surface area contributed by atoms with Gasteiger partial charge >= 0.3 is 0 Å². The molecule has 0 spiro atoms. The van der Waals surface area contributed by atoms with E-state index in [1.165, 1.54) is 50.3 Å². The highest BCUT2D eigenvalue weighted by Gasteiger charge is 2.20. The summed E-state index contributed by atoms with van der Waals surface area (Å²) in [5.74, 6) is 0. The van der Waals surface area contributed by atoms with Crippen LogP contribution in [0.25, 0.3) is 12.2 Å². The molecule has 0 bridgehead atoms. The zero-order valence-corrected chi connectivity index (χ0v) is 21.4. The third kappa shape index (κ3) is 7.22. The summed E-state index contributed by atoms with van der Waals surface area (Å²) in [7, 11) is -11.7. The fraction of sp³-hybridized carbons (Fsp3) is 0.211. The molecular formula is C19H23N3O8S4. The van der Waals surface area contributed by atoms with Crippen molar-refractivity contribution in [1.82, 2.24) is 5.32 Å². The quantitative estimate of drug-likeness (QED) is 0.185. The normalized spacial score (nSPS) is 12.6. The van der Waals surface area contributed by atoms with Gasteiger partial charge in [-0.2, -0.15) is 16.8 Å². The number of anilines is 2. The van der Waals surface area contributed by atoms with Crippen molar-refractivity contribution >= 4 is 71.1 Å². The Hall–Kier alpha value is -2.56. The molecule has 34 heavy (non-hydrogen) atoms. The van der Waals surface area contributed by atoms with E-state index in [0.717, 1.165) is 12.1 Å². The molecule has 0 heterocycles. The predicted molar refractivity (Wildman–Crippen MR) is 134 cm³/mol. The maximum Gasteiger partial charge on any atom is 0.295 e. The van der Waals surface area contributed by atoms with E-state index in [1.54, 1.807) is 7.05 Å². The summed E-state index contributed by atoms with van der Waals surface area (Å²) in [5, 5.41) is 4.78. The summed E-state index contributed by atoms with van der Waals surface area (Å²) < 4.78 is 93.2. The molecule has 0 fully saturated rings. The molecule has 2 aromatic carbocycles. The molecule has 0 atom stereocenters. The number of hydrogen-bond donors (Lipinski definition) is 5. The highest BCUT2D eigenvalue weighted by molar-refractivity contribution is 7.93. The number of thiocarbonyl (C=S) groups is 1. The Bertz CT molecular complexity index is 1450. The van der Waals surface area contributed by atoms with Crippen molar-refractivity contribution in [2.45, 2.75) is 28.9 Å². The van der Waals surface area contributed by atoms with Gasteiger partial charge < -0.3 is 10.6 Å². The Morgan fingerprint density at radius 2 is 1.29 bits per heavy atom. The second-order valence-electron chi connectivity index (χ2n) is 7.19. The van der Waals surface area contributed by atoms with Crippen LogP contribution >= 0.6 is 12.2 Å². The second kappa shape index (κ2) is 10.4. The fourth-order valence-corrected chi connectivity index (χ4v) is 4.82. The maximum atomic E-state index is 12.1. The molecule has 2 aromatic rings. The molecule has 11 nitrogen and oxygen atoms in total. The van der Waals surface area contributed by atoms with Crippen LogP contribution in [0, 0.1) is 0 Å². The molecule has 15 heteroatoms. The molecule has 186 valence electrons. The minimum Gasteiger partial charge on any atom is -0.366 e. The van der Waals surface area contributed by atoms with E-state index >= 15 is 0 Å². The van der Waals surface area contributed by atoms with Gasteiger partial charge in [-0.15, -0.1) is 0 Å². The minimum atomic E-state index is -4.78. The third-order valence-corrected chi connectivity index (χ3v) is 8.28. The summed E-state index contributed by atoms with van der Waals surface area (Å²) in [6, 6.07) is 7.40. The van der Waals surface area contributed by atoms with Crippen LogP contribution in [0.4, 0.5) is 11.4 Å². The standard InChI is InChI=1S/C19H23N3O8S4/c1-12(2)32(23,24)22-16-9-7-14(18(11-16)34(28,29)30)5-4-13-6-8-15(21-19(31)20-3)10-17(13)33(25,26)27/h4-12,22H,1-3H3,(H2,20,21,31)(H,25,26,27)(H,28,29,30)/b5-4+. The number of hydrogen-bond acceptors (Lipinski definition) is 7. The second-order valence-corrected chi connectivity index (χ2v) is 12.6. The van der Waals surface area contributed by atoms with E-state index in [9.17, 15) is 34.4 Å². The number of nitrogens with one attached hydrogen (secondary N) is 3. The van der Waals surface area contributed by atoms with E-state index in [2.05, 4.69) is 15.4 Å². The van der Waals surface area contributed by atoms with Crippen molar-refractivity contribution in [2.75, 3.05) is 17.1 Å². The van der Waals surface area contributed by atoms with Crippen LogP contribution in [0.5, 0.6) is 0 Å². The number of rotatable bonds is 8. The first-order valence-electron chi connectivity index (χ1n) is 9.46. The summed E-state index contributed by atoms with van der Waals surface area (Å²) >= 11 is 4.96. The highest BCUT2D eigenvalue weighted by atomic mass is 32.2. The Morgan fingerprint density at radius 1 is 0.853 bits per heavy atom. The largest absolute Gasteiger partial charge is 0.366 e. The van der Waals surface area contributed by atoms with Crippen molar-refractivity contribution in [3.63, 3.8) is 0 Å². The average Bonchev–Trinajstić information content (AvgIpc) is 2.71. The van der Waals surface area contributed by atoms with Crippen LogP contribution in [-0.2, 0) is 30.3 Å². The van der Waals surface area contributed by atoms with Gasteiger partial charge in [0.1, 0.15) is 9.79 Å². The molecule has 0 aliphatic rings. The lowest BCUT2D eigenvalue weighted by Gasteiger charge is -2.13. The van der Waals surface area contributed by atoms with E-state index in [-0.39, 0.29) is 27.6 Å². The lowest BCUT2D eigenvalue weighted by molar-refractivity contribution is 0.480. The third-order valence-electron chi connectivity index (χ3n) is 4.39. The van der Waals surface area contributed by atoms with Gasteiger partial charge in [-0.3, -0.25) is 13.8 Å². The van der Waals surface area contributed by atoms with Crippen LogP contribution in [-0.4, -0.2) is 51.8 Å². The smallest absolute Gasteiger partial charge is 0.295 e. The SMILES string of the molecule is CNC(=S)Nc1ccc(/C=C/c2ccc(NS(=O)(=O)C(C)C)cc2S(=O)(=O)O)c(S(=O)(=O)O)c1. The Labute approximate surface area is 203 Å². The first kappa shape index (κ1) is 27.7. The zero-order valence-electron chi connectivity index (χ0n) is 18.2. The molecule has 0 amide bonds. The van der Waals surface area contributed by atoms with Gasteiger partial charge in [0.05, 0.1) is 5.25 Å². The molecule has 0 saturated heterocycles. The van der Waals surface area contributed by atoms with Crippen LogP contribution in [0.15, 0.2) is 46.2 Å². The summed E-state index contributed by atoms with van der Waals surface area (Å²) in [4.78, 5) is -1.10. The van der Waals surface area contributed by atoms with Gasteiger partial charge in [0.15, 0.2) is 5.11 Å². The van der Waals surface area contributed by atoms with Crippen molar-refractivity contribution in [3.8, 4) is 0 Å². The van der Waals surface area contributed by atoms with E-state index in [4.69, 9.17) is 12.2 Å². The van der Waals surface area contributed by atoms with Crippen LogP contribution in [0.3, 0.4) is 0 Å². The van der Waals surface area contributed by atoms with Crippen molar-refractivity contribution < 1.29 is 34.4 Å². The lowest BCUT2D eigenvalue weighted by Crippen LogP contribution is -2.24. The molecule has 5 N–H and O–H groups in total. The maximum absolute atomic E-state index is 12.1. The molecule has 0 aromatic heterocycles. The molecule has 0 unspecified atom stereocenters. The molecule has 0 radical (unpaired) electrons. The zero-order chi connectivity index (χ0) is 25.9. The number of sulfonamides is 1. The van der Waals surface area contributed by atoms with Gasteiger partial charge in [-0.1, -0.05) is 24.3 Å². The minimum absolute atomic E-state index is 0.00861. The van der Waals surface area contributed by atoms with E-state index in [0.29, 0.717) is 0 Å². The lowest BCUT2D eigenvalue weighted by atomic mass is 10.1. The van der Waals surface area contributed by atoms with Crippen LogP contribution < -0.4 is 15.4 Å². The van der Waals surface area contributed by atoms with Crippen LogP contribution in [0.2, 0.25) is 0 Å². The number of benzene rings is 2. The molecule has 2 rings (SSSR count). The molecule has 0 aliphatic heterocycles. The average molecular weight is 550 g/mol. The monoisotopic (exact) mass is 549 g/mol. The fourth-order valence-electron chi connectivity index (χ4n) is 2.59. The topological polar surface area (TPSA) is 179 Å². The molecule has 0 aliphatic carbocycles. The van der Waals surface area contributed by atoms with Gasteiger partial charge in [0.25, 0.3) is 20.2 Å². The van der Waals surface area contributed by atoms with Crippen molar-refractivity contribution in [3.05, 3.63) is 47.5 Å². The van der Waals surface area contributed by atoms with Gasteiger partial charge in [0, 0.05) is 18.4 Å². The predicted octanol–water partition coefficient (Wildman–Crippen LogP) is 2.42. The van der Waals surface area contributed by atoms with Crippen molar-refractivity contribution in [1.29, 1.82) is 0 Å². The van der Waals surface area contributed by atoms with E-state index in [1.807, 2.05) is 0 Å². The Morgan fingerprint density at radius 3 is 1.71 bits per heavy atom. The van der Waals surface area contributed by atoms with Gasteiger partial charge in [-0.05, 0) is 61.5 Å².